The van der Waals surface area contributed by atoms with Crippen LogP contribution in [0, 0.1) is 7.14 Å². The Hall–Kier alpha value is -0.500. The van der Waals surface area contributed by atoms with Crippen molar-refractivity contribution in [3.05, 3.63) is 54.7 Å². The molecule has 0 atom stereocenters. The number of rotatable bonds is 2. The van der Waals surface area contributed by atoms with Crippen molar-refractivity contribution in [2.24, 2.45) is 0 Å². The van der Waals surface area contributed by atoms with E-state index in [1.165, 1.54) is 29.6 Å². The minimum Gasteiger partial charge on any atom is -0.352 e. The highest BCUT2D eigenvalue weighted by molar-refractivity contribution is 14.1. The first-order valence-electron chi connectivity index (χ1n) is 9.55. The van der Waals surface area contributed by atoms with E-state index in [9.17, 15) is 0 Å². The predicted octanol–water partition coefficient (Wildman–Crippen LogP) is 6.77. The first kappa shape index (κ1) is 21.2. The lowest BCUT2D eigenvalue weighted by Gasteiger charge is -2.29. The zero-order valence-electron chi connectivity index (χ0n) is 17.2. The molecule has 146 valence electrons. The van der Waals surface area contributed by atoms with Crippen molar-refractivity contribution in [2.75, 3.05) is 29.6 Å². The molecule has 0 N–H and O–H groups in total. The molecule has 0 unspecified atom stereocenters. The number of benzene rings is 2. The van der Waals surface area contributed by atoms with Crippen LogP contribution in [0.3, 0.4) is 0 Å². The number of halogens is 2. The van der Waals surface area contributed by atoms with Gasteiger partial charge in [0.1, 0.15) is 0 Å². The van der Waals surface area contributed by atoms with Gasteiger partial charge in [0.05, 0.1) is 6.67 Å². The van der Waals surface area contributed by atoms with Gasteiger partial charge in [-0.25, -0.2) is 0 Å². The number of nitrogens with zero attached hydrogens (tertiary/aromatic N) is 2. The molecule has 3 rings (SSSR count). The molecule has 4 heteroatoms. The second-order valence-electron chi connectivity index (χ2n) is 9.56. The SMILES string of the molecule is CC(C)(C)c1cc(N2CCN(c3cc(I)cc(I)c3)C2)cc(C(C)(C)C)c1. The Morgan fingerprint density at radius 2 is 1.04 bits per heavy atom. The summed E-state index contributed by atoms with van der Waals surface area (Å²) in [5, 5.41) is 0. The van der Waals surface area contributed by atoms with E-state index in [1.54, 1.807) is 0 Å². The van der Waals surface area contributed by atoms with E-state index in [-0.39, 0.29) is 10.8 Å². The molecule has 0 amide bonds. The Morgan fingerprint density at radius 3 is 1.44 bits per heavy atom. The molecule has 1 heterocycles. The van der Waals surface area contributed by atoms with Crippen LogP contribution in [0.15, 0.2) is 36.4 Å². The van der Waals surface area contributed by atoms with Crippen LogP contribution in [-0.4, -0.2) is 19.8 Å². The summed E-state index contributed by atoms with van der Waals surface area (Å²) in [6.07, 6.45) is 0. The first-order valence-corrected chi connectivity index (χ1v) is 11.7. The van der Waals surface area contributed by atoms with E-state index >= 15 is 0 Å². The van der Waals surface area contributed by atoms with Gasteiger partial charge in [-0.1, -0.05) is 47.6 Å². The molecule has 0 aromatic heterocycles. The zero-order valence-corrected chi connectivity index (χ0v) is 21.6. The Kier molecular flexibility index (Phi) is 6.07. The molecular weight excluding hydrogens is 558 g/mol. The average Bonchev–Trinajstić information content (AvgIpc) is 3.02. The third-order valence-electron chi connectivity index (χ3n) is 5.21. The maximum Gasteiger partial charge on any atom is 0.0904 e. The Morgan fingerprint density at radius 1 is 0.630 bits per heavy atom. The van der Waals surface area contributed by atoms with Gasteiger partial charge in [0.2, 0.25) is 0 Å². The van der Waals surface area contributed by atoms with Crippen molar-refractivity contribution in [2.45, 2.75) is 52.4 Å². The molecule has 2 aromatic carbocycles. The summed E-state index contributed by atoms with van der Waals surface area (Å²) in [5.74, 6) is 0. The Bertz CT molecular complexity index is 779. The van der Waals surface area contributed by atoms with Gasteiger partial charge < -0.3 is 9.80 Å². The standard InChI is InChI=1S/C23H30I2N2/c1-22(2,3)16-9-17(23(4,5)6)11-20(10-16)26-7-8-27(15-26)21-13-18(24)12-19(25)14-21/h9-14H,7-8,15H2,1-6H3. The smallest absolute Gasteiger partial charge is 0.0904 e. The number of anilines is 2. The third-order valence-corrected chi connectivity index (χ3v) is 6.45. The van der Waals surface area contributed by atoms with Crippen LogP contribution in [-0.2, 0) is 10.8 Å². The fourth-order valence-corrected chi connectivity index (χ4v) is 5.30. The molecule has 0 spiro atoms. The van der Waals surface area contributed by atoms with Crippen LogP contribution in [0.1, 0.15) is 52.7 Å². The van der Waals surface area contributed by atoms with Crippen molar-refractivity contribution >= 4 is 56.6 Å². The molecule has 1 saturated heterocycles. The second kappa shape index (κ2) is 7.73. The molecule has 2 aromatic rings. The maximum absolute atomic E-state index is 2.53. The van der Waals surface area contributed by atoms with Crippen molar-refractivity contribution in [3.63, 3.8) is 0 Å². The lowest BCUT2D eigenvalue weighted by molar-refractivity contribution is 0.568. The monoisotopic (exact) mass is 588 g/mol. The second-order valence-corrected chi connectivity index (χ2v) is 12.1. The summed E-state index contributed by atoms with van der Waals surface area (Å²) in [4.78, 5) is 5.02. The molecular formula is C23H30I2N2. The molecule has 0 radical (unpaired) electrons. The molecule has 1 aliphatic heterocycles. The lowest BCUT2D eigenvalue weighted by atomic mass is 9.80. The minimum absolute atomic E-state index is 0.154. The molecule has 1 aliphatic rings. The molecule has 1 fully saturated rings. The van der Waals surface area contributed by atoms with E-state index in [2.05, 4.69) is 133 Å². The summed E-state index contributed by atoms with van der Waals surface area (Å²) in [6.45, 7) is 16.9. The van der Waals surface area contributed by atoms with Crippen molar-refractivity contribution < 1.29 is 0 Å². The van der Waals surface area contributed by atoms with E-state index in [1.807, 2.05) is 0 Å². The van der Waals surface area contributed by atoms with Crippen LogP contribution >= 0.6 is 45.2 Å². The van der Waals surface area contributed by atoms with Crippen molar-refractivity contribution in [3.8, 4) is 0 Å². The topological polar surface area (TPSA) is 6.48 Å². The van der Waals surface area contributed by atoms with Crippen LogP contribution in [0.25, 0.3) is 0 Å². The summed E-state index contributed by atoms with van der Waals surface area (Å²) in [7, 11) is 0. The van der Waals surface area contributed by atoms with Gasteiger partial charge >= 0.3 is 0 Å². The summed E-state index contributed by atoms with van der Waals surface area (Å²) >= 11 is 4.83. The fourth-order valence-electron chi connectivity index (χ4n) is 3.39. The molecule has 0 aliphatic carbocycles. The van der Waals surface area contributed by atoms with E-state index in [0.29, 0.717) is 0 Å². The Labute approximate surface area is 192 Å². The fraction of sp³-hybridized carbons (Fsp3) is 0.478. The van der Waals surface area contributed by atoms with Crippen LogP contribution < -0.4 is 9.80 Å². The normalized spacial score (nSPS) is 15.6. The van der Waals surface area contributed by atoms with E-state index in [0.717, 1.165) is 19.8 Å². The van der Waals surface area contributed by atoms with Crippen molar-refractivity contribution in [1.82, 2.24) is 0 Å². The quantitative estimate of drug-likeness (QED) is 0.358. The predicted molar refractivity (Wildman–Crippen MR) is 135 cm³/mol. The van der Waals surface area contributed by atoms with Crippen molar-refractivity contribution in [1.29, 1.82) is 0 Å². The molecule has 2 nitrogen and oxygen atoms in total. The maximum atomic E-state index is 2.53. The van der Waals surface area contributed by atoms with Gasteiger partial charge in [0.15, 0.2) is 0 Å². The number of hydrogen-bond donors (Lipinski definition) is 0. The number of hydrogen-bond acceptors (Lipinski definition) is 2. The third kappa shape index (κ3) is 5.11. The van der Waals surface area contributed by atoms with E-state index in [4.69, 9.17) is 0 Å². The lowest BCUT2D eigenvalue weighted by Crippen LogP contribution is -2.26. The van der Waals surface area contributed by atoms with Gasteiger partial charge in [-0.2, -0.15) is 0 Å². The van der Waals surface area contributed by atoms with Gasteiger partial charge in [-0.15, -0.1) is 0 Å². The Balaban J connectivity index is 1.92. The zero-order chi connectivity index (χ0) is 20.0. The van der Waals surface area contributed by atoms with Crippen LogP contribution in [0.4, 0.5) is 11.4 Å². The highest BCUT2D eigenvalue weighted by Crippen LogP contribution is 2.34. The van der Waals surface area contributed by atoms with Crippen LogP contribution in [0.5, 0.6) is 0 Å². The van der Waals surface area contributed by atoms with Gasteiger partial charge in [0, 0.05) is 31.6 Å². The van der Waals surface area contributed by atoms with Crippen LogP contribution in [0.2, 0.25) is 0 Å². The molecule has 27 heavy (non-hydrogen) atoms. The van der Waals surface area contributed by atoms with Gasteiger partial charge in [-0.3, -0.25) is 0 Å². The summed E-state index contributed by atoms with van der Waals surface area (Å²) in [6, 6.07) is 14.0. The minimum atomic E-state index is 0.154. The highest BCUT2D eigenvalue weighted by Gasteiger charge is 2.25. The largest absolute Gasteiger partial charge is 0.352 e. The molecule has 0 saturated carbocycles. The van der Waals surface area contributed by atoms with Gasteiger partial charge in [-0.05, 0) is 97.5 Å². The first-order chi connectivity index (χ1) is 12.4. The molecule has 0 bridgehead atoms. The average molecular weight is 588 g/mol. The van der Waals surface area contributed by atoms with E-state index < -0.39 is 0 Å². The highest BCUT2D eigenvalue weighted by atomic mass is 127. The summed E-state index contributed by atoms with van der Waals surface area (Å²) in [5.41, 5.74) is 5.84. The van der Waals surface area contributed by atoms with Gasteiger partial charge in [0.25, 0.3) is 0 Å². The summed E-state index contributed by atoms with van der Waals surface area (Å²) < 4.78 is 2.61.